The zero-order valence-electron chi connectivity index (χ0n) is 22.4. The lowest BCUT2D eigenvalue weighted by molar-refractivity contribution is -0.137. The molecule has 13 nitrogen and oxygen atoms in total. The Kier molecular flexibility index (Phi) is 7.59. The van der Waals surface area contributed by atoms with Gasteiger partial charge in [-0.2, -0.15) is 13.2 Å². The van der Waals surface area contributed by atoms with Gasteiger partial charge in [0.05, 0.1) is 10.6 Å². The van der Waals surface area contributed by atoms with E-state index in [-0.39, 0.29) is 45.7 Å². The van der Waals surface area contributed by atoms with Crippen LogP contribution in [0.5, 0.6) is 0 Å². The molecule has 1 fully saturated rings. The maximum atomic E-state index is 14.3. The molecule has 0 saturated carbocycles. The number of likely N-dealkylation sites (tertiary alicyclic amines) is 1. The van der Waals surface area contributed by atoms with Crippen LogP contribution in [0, 0.1) is 0 Å². The normalized spacial score (nSPS) is 18.1. The second kappa shape index (κ2) is 11.0. The van der Waals surface area contributed by atoms with Gasteiger partial charge in [-0.1, -0.05) is 23.4 Å². The average molecular weight is 619 g/mol. The maximum absolute atomic E-state index is 14.3. The van der Waals surface area contributed by atoms with Crippen molar-refractivity contribution >= 4 is 38.9 Å². The van der Waals surface area contributed by atoms with Crippen LogP contribution in [0.3, 0.4) is 0 Å². The Hall–Kier alpha value is -4.93. The molecule has 5 N–H and O–H groups in total. The number of nitrogens with two attached hydrogens (primary N) is 1. The number of fused-ring (bicyclic) bond motifs is 1. The van der Waals surface area contributed by atoms with Crippen LogP contribution < -0.4 is 11.1 Å². The van der Waals surface area contributed by atoms with Gasteiger partial charge in [0.15, 0.2) is 11.5 Å². The van der Waals surface area contributed by atoms with Gasteiger partial charge in [0.25, 0.3) is 10.0 Å². The quantitative estimate of drug-likeness (QED) is 0.107. The number of amidine groups is 1. The molecule has 43 heavy (non-hydrogen) atoms. The summed E-state index contributed by atoms with van der Waals surface area (Å²) in [4.78, 5) is 24.8. The summed E-state index contributed by atoms with van der Waals surface area (Å²) in [5.41, 5.74) is 3.15. The molecular weight excluding hydrogens is 593 g/mol. The molecule has 0 unspecified atom stereocenters. The van der Waals surface area contributed by atoms with E-state index in [0.717, 1.165) is 6.20 Å². The second-order valence-electron chi connectivity index (χ2n) is 9.87. The number of nitrogens with one attached hydrogen (secondary N) is 1. The van der Waals surface area contributed by atoms with Gasteiger partial charge in [-0.05, 0) is 44.0 Å². The average Bonchev–Trinajstić information content (AvgIpc) is 3.37. The van der Waals surface area contributed by atoms with Crippen LogP contribution in [0.1, 0.15) is 31.0 Å². The summed E-state index contributed by atoms with van der Waals surface area (Å²) in [7, 11) is -4.39. The van der Waals surface area contributed by atoms with Crippen molar-refractivity contribution < 1.29 is 36.7 Å². The van der Waals surface area contributed by atoms with Crippen molar-refractivity contribution in [3.8, 4) is 11.3 Å². The molecule has 1 aliphatic heterocycles. The van der Waals surface area contributed by atoms with E-state index in [9.17, 15) is 31.5 Å². The molecule has 1 aliphatic rings. The van der Waals surface area contributed by atoms with Crippen LogP contribution in [-0.2, 0) is 16.2 Å². The summed E-state index contributed by atoms with van der Waals surface area (Å²) in [6.45, 7) is 1.82. The lowest BCUT2D eigenvalue weighted by atomic mass is 10.00. The van der Waals surface area contributed by atoms with E-state index in [4.69, 9.17) is 10.9 Å². The predicted octanol–water partition coefficient (Wildman–Crippen LogP) is 3.79. The molecular formula is C26H25F3N8O5S. The number of halogens is 3. The van der Waals surface area contributed by atoms with E-state index >= 15 is 0 Å². The van der Waals surface area contributed by atoms with Gasteiger partial charge in [-0.25, -0.2) is 32.1 Å². The molecule has 226 valence electrons. The fraction of sp³-hybridized carbons (Fsp3) is 0.269. The molecule has 1 aromatic carbocycles. The largest absolute Gasteiger partial charge is 0.465 e. The molecule has 17 heteroatoms. The van der Waals surface area contributed by atoms with Gasteiger partial charge in [-0.15, -0.1) is 0 Å². The standard InChI is InChI=1S/C26H25F3N8O5S/c1-14-7-8-15(12-36(14)25(38)39)32-24-31-11-19(26(27,28)29)21(34-24)18-13-37(43(41,42)16-5-3-2-4-6-16)23-17(18)9-10-20(33-23)22(30)35-40/h2-6,9-11,13-15,40H,7-8,12H2,1H3,(H2,30,35)(H,38,39)(H,31,32,34)/t14-,15-/m0/s1. The van der Waals surface area contributed by atoms with E-state index in [1.807, 2.05) is 0 Å². The predicted molar refractivity (Wildman–Crippen MR) is 148 cm³/mol. The zero-order valence-corrected chi connectivity index (χ0v) is 23.2. The van der Waals surface area contributed by atoms with Crippen molar-refractivity contribution in [1.82, 2.24) is 23.8 Å². The van der Waals surface area contributed by atoms with E-state index in [2.05, 4.69) is 25.4 Å². The number of hydrogen-bond donors (Lipinski definition) is 4. The fourth-order valence-electron chi connectivity index (χ4n) is 4.88. The number of oxime groups is 1. The minimum Gasteiger partial charge on any atom is -0.465 e. The van der Waals surface area contributed by atoms with Gasteiger partial charge in [0, 0.05) is 42.0 Å². The first-order valence-corrected chi connectivity index (χ1v) is 14.3. The summed E-state index contributed by atoms with van der Waals surface area (Å²) in [6.07, 6.45) is -3.47. The third kappa shape index (κ3) is 5.62. The van der Waals surface area contributed by atoms with Gasteiger partial charge in [0.1, 0.15) is 11.3 Å². The first-order valence-electron chi connectivity index (χ1n) is 12.8. The molecule has 0 bridgehead atoms. The minimum atomic E-state index is -4.93. The first kappa shape index (κ1) is 29.6. The third-order valence-corrected chi connectivity index (χ3v) is 8.76. The Morgan fingerprint density at radius 3 is 2.51 bits per heavy atom. The molecule has 0 radical (unpaired) electrons. The molecule has 1 saturated heterocycles. The summed E-state index contributed by atoms with van der Waals surface area (Å²) < 4.78 is 70.8. The summed E-state index contributed by atoms with van der Waals surface area (Å²) in [6, 6.07) is 9.03. The molecule has 4 heterocycles. The van der Waals surface area contributed by atoms with Gasteiger partial charge >= 0.3 is 12.3 Å². The number of carbonyl (C=O) groups is 1. The first-order chi connectivity index (χ1) is 20.3. The lowest BCUT2D eigenvalue weighted by Crippen LogP contribution is -2.49. The second-order valence-corrected chi connectivity index (χ2v) is 11.7. The van der Waals surface area contributed by atoms with Crippen molar-refractivity contribution in [3.63, 3.8) is 0 Å². The van der Waals surface area contributed by atoms with E-state index in [0.29, 0.717) is 23.0 Å². The summed E-state index contributed by atoms with van der Waals surface area (Å²) in [5, 5.41) is 24.4. The smallest absolute Gasteiger partial charge is 0.419 e. The van der Waals surface area contributed by atoms with E-state index in [1.54, 1.807) is 13.0 Å². The summed E-state index contributed by atoms with van der Waals surface area (Å²) in [5.74, 6) is -0.657. The summed E-state index contributed by atoms with van der Waals surface area (Å²) >= 11 is 0. The fourth-order valence-corrected chi connectivity index (χ4v) is 6.22. The topological polar surface area (TPSA) is 189 Å². The van der Waals surface area contributed by atoms with E-state index in [1.165, 1.54) is 41.3 Å². The highest BCUT2D eigenvalue weighted by Gasteiger charge is 2.37. The minimum absolute atomic E-state index is 0.0207. The number of piperidine rings is 1. The number of hydrogen-bond acceptors (Lipinski definition) is 9. The molecule has 4 aromatic rings. The number of amides is 1. The zero-order chi connectivity index (χ0) is 31.1. The molecule has 2 atom stereocenters. The highest BCUT2D eigenvalue weighted by atomic mass is 32.2. The third-order valence-electron chi connectivity index (χ3n) is 7.10. The molecule has 5 rings (SSSR count). The van der Waals surface area contributed by atoms with Crippen LogP contribution in [0.4, 0.5) is 23.9 Å². The molecule has 0 aliphatic carbocycles. The highest BCUT2D eigenvalue weighted by molar-refractivity contribution is 7.90. The van der Waals surface area contributed by atoms with Crippen molar-refractivity contribution in [2.45, 2.75) is 42.9 Å². The number of anilines is 1. The van der Waals surface area contributed by atoms with Crippen LogP contribution in [0.2, 0.25) is 0 Å². The Labute approximate surface area is 242 Å². The number of pyridine rings is 1. The van der Waals surface area contributed by atoms with Crippen molar-refractivity contribution in [2.75, 3.05) is 11.9 Å². The van der Waals surface area contributed by atoms with Crippen molar-refractivity contribution in [2.24, 2.45) is 10.9 Å². The number of benzene rings is 1. The van der Waals surface area contributed by atoms with Crippen LogP contribution in [-0.4, -0.2) is 73.1 Å². The Morgan fingerprint density at radius 1 is 1.14 bits per heavy atom. The van der Waals surface area contributed by atoms with Gasteiger partial charge < -0.3 is 26.3 Å². The van der Waals surface area contributed by atoms with Crippen molar-refractivity contribution in [3.05, 3.63) is 66.1 Å². The van der Waals surface area contributed by atoms with E-state index < -0.39 is 45.4 Å². The Balaban J connectivity index is 1.69. The van der Waals surface area contributed by atoms with Gasteiger partial charge in [-0.3, -0.25) is 0 Å². The number of carboxylic acid groups (broad SMARTS) is 1. The van der Waals surface area contributed by atoms with Crippen molar-refractivity contribution in [1.29, 1.82) is 0 Å². The lowest BCUT2D eigenvalue weighted by Gasteiger charge is -2.36. The SMILES string of the molecule is C[C@H]1CC[C@H](Nc2ncc(C(F)(F)F)c(-c3cn(S(=O)(=O)c4ccccc4)c4nc(/C(N)=N\O)ccc34)n2)CN1C(=O)O. The number of rotatable bonds is 6. The Morgan fingerprint density at radius 2 is 1.86 bits per heavy atom. The van der Waals surface area contributed by atoms with Gasteiger partial charge in [0.2, 0.25) is 5.95 Å². The molecule has 0 spiro atoms. The number of aromatic nitrogens is 4. The number of nitrogens with zero attached hydrogens (tertiary/aromatic N) is 6. The highest BCUT2D eigenvalue weighted by Crippen LogP contribution is 2.40. The Bertz CT molecular complexity index is 1830. The van der Waals surface area contributed by atoms with Crippen LogP contribution >= 0.6 is 0 Å². The molecule has 1 amide bonds. The maximum Gasteiger partial charge on any atom is 0.419 e. The van der Waals surface area contributed by atoms with Crippen LogP contribution in [0.15, 0.2) is 64.9 Å². The monoisotopic (exact) mass is 618 g/mol. The number of alkyl halides is 3. The molecule has 3 aromatic heterocycles. The van der Waals surface area contributed by atoms with Crippen LogP contribution in [0.25, 0.3) is 22.3 Å².